The maximum atomic E-state index is 11.9. The summed E-state index contributed by atoms with van der Waals surface area (Å²) in [6.45, 7) is 1.72. The zero-order valence-electron chi connectivity index (χ0n) is 11.8. The molecule has 0 amide bonds. The SMILES string of the molecule is CCOC(=O)C(=O)/C=C/c1cnc2nc(SC)[nH]c(=O)c2n1. The highest BCUT2D eigenvalue weighted by Crippen LogP contribution is 2.09. The molecule has 22 heavy (non-hydrogen) atoms. The van der Waals surface area contributed by atoms with Crippen molar-refractivity contribution in [1.82, 2.24) is 19.9 Å². The molecule has 2 heterocycles. The summed E-state index contributed by atoms with van der Waals surface area (Å²) in [6.07, 6.45) is 5.43. The topological polar surface area (TPSA) is 115 Å². The van der Waals surface area contributed by atoms with Crippen LogP contribution >= 0.6 is 11.8 Å². The highest BCUT2D eigenvalue weighted by atomic mass is 32.2. The van der Waals surface area contributed by atoms with E-state index in [1.807, 2.05) is 0 Å². The van der Waals surface area contributed by atoms with Crippen LogP contribution in [0, 0.1) is 0 Å². The van der Waals surface area contributed by atoms with Crippen LogP contribution in [0.15, 0.2) is 22.2 Å². The van der Waals surface area contributed by atoms with Crippen molar-refractivity contribution in [2.45, 2.75) is 12.1 Å². The summed E-state index contributed by atoms with van der Waals surface area (Å²) in [5, 5.41) is 0.438. The maximum Gasteiger partial charge on any atom is 0.379 e. The first-order valence-corrected chi connectivity index (χ1v) is 7.47. The molecular formula is C13H12N4O4S. The third-order valence-electron chi connectivity index (χ3n) is 2.49. The lowest BCUT2D eigenvalue weighted by Gasteiger charge is -1.99. The second-order valence-corrected chi connectivity index (χ2v) is 4.76. The Kier molecular flexibility index (Phi) is 4.99. The third-order valence-corrected chi connectivity index (χ3v) is 3.07. The van der Waals surface area contributed by atoms with Gasteiger partial charge < -0.3 is 4.74 Å². The van der Waals surface area contributed by atoms with Gasteiger partial charge in [0.1, 0.15) is 0 Å². The number of hydrogen-bond donors (Lipinski definition) is 1. The van der Waals surface area contributed by atoms with Crippen LogP contribution in [0.1, 0.15) is 12.6 Å². The Labute approximate surface area is 129 Å². The summed E-state index contributed by atoms with van der Waals surface area (Å²) in [5.74, 6) is -1.76. The first-order valence-electron chi connectivity index (χ1n) is 6.25. The van der Waals surface area contributed by atoms with Gasteiger partial charge in [-0.05, 0) is 25.3 Å². The molecule has 0 unspecified atom stereocenters. The zero-order chi connectivity index (χ0) is 16.1. The smallest absolute Gasteiger partial charge is 0.379 e. The van der Waals surface area contributed by atoms with Crippen molar-refractivity contribution < 1.29 is 14.3 Å². The van der Waals surface area contributed by atoms with Crippen molar-refractivity contribution in [2.24, 2.45) is 0 Å². The van der Waals surface area contributed by atoms with E-state index in [-0.39, 0.29) is 23.5 Å². The van der Waals surface area contributed by atoms with Crippen LogP contribution in [-0.4, -0.2) is 44.6 Å². The first kappa shape index (κ1) is 15.8. The van der Waals surface area contributed by atoms with Crippen LogP contribution < -0.4 is 5.56 Å². The average Bonchev–Trinajstić information content (AvgIpc) is 2.52. The molecule has 2 rings (SSSR count). The second kappa shape index (κ2) is 6.94. The maximum absolute atomic E-state index is 11.9. The molecule has 114 valence electrons. The van der Waals surface area contributed by atoms with Gasteiger partial charge in [-0.3, -0.25) is 14.6 Å². The number of nitrogens with one attached hydrogen (secondary N) is 1. The van der Waals surface area contributed by atoms with Gasteiger partial charge in [-0.15, -0.1) is 0 Å². The number of fused-ring (bicyclic) bond motifs is 1. The van der Waals surface area contributed by atoms with Crippen molar-refractivity contribution in [3.05, 3.63) is 28.3 Å². The summed E-state index contributed by atoms with van der Waals surface area (Å²) in [6, 6.07) is 0. The minimum absolute atomic E-state index is 0.0588. The molecule has 0 aromatic carbocycles. The molecule has 2 aromatic rings. The lowest BCUT2D eigenvalue weighted by Crippen LogP contribution is -2.14. The molecule has 8 nitrogen and oxygen atoms in total. The van der Waals surface area contributed by atoms with Gasteiger partial charge >= 0.3 is 5.97 Å². The van der Waals surface area contributed by atoms with Crippen molar-refractivity contribution in [2.75, 3.05) is 12.9 Å². The lowest BCUT2D eigenvalue weighted by molar-refractivity contribution is -0.151. The third kappa shape index (κ3) is 3.55. The number of rotatable bonds is 5. The van der Waals surface area contributed by atoms with E-state index in [1.54, 1.807) is 13.2 Å². The molecule has 1 N–H and O–H groups in total. The normalized spacial score (nSPS) is 11.0. The number of hydrogen-bond acceptors (Lipinski definition) is 8. The van der Waals surface area contributed by atoms with Crippen LogP contribution in [-0.2, 0) is 14.3 Å². The highest BCUT2D eigenvalue weighted by Gasteiger charge is 2.11. The summed E-state index contributed by atoms with van der Waals surface area (Å²) in [5.41, 5.74) is 0.105. The van der Waals surface area contributed by atoms with Crippen molar-refractivity contribution in [3.63, 3.8) is 0 Å². The summed E-state index contributed by atoms with van der Waals surface area (Å²) in [7, 11) is 0. The Morgan fingerprint density at radius 2 is 2.18 bits per heavy atom. The quantitative estimate of drug-likeness (QED) is 0.280. The van der Waals surface area contributed by atoms with Gasteiger partial charge in [0.05, 0.1) is 18.5 Å². The monoisotopic (exact) mass is 320 g/mol. The first-order chi connectivity index (χ1) is 10.5. The van der Waals surface area contributed by atoms with Gasteiger partial charge in [0.2, 0.25) is 0 Å². The van der Waals surface area contributed by atoms with E-state index in [4.69, 9.17) is 0 Å². The number of nitrogens with zero attached hydrogens (tertiary/aromatic N) is 3. The number of aromatic nitrogens is 4. The number of carbonyl (C=O) groups is 2. The van der Waals surface area contributed by atoms with Crippen molar-refractivity contribution in [3.8, 4) is 0 Å². The van der Waals surface area contributed by atoms with Gasteiger partial charge in [0, 0.05) is 0 Å². The molecule has 0 saturated carbocycles. The van der Waals surface area contributed by atoms with Gasteiger partial charge in [-0.2, -0.15) is 0 Å². The van der Waals surface area contributed by atoms with Gasteiger partial charge in [-0.25, -0.2) is 19.7 Å². The molecule has 2 aromatic heterocycles. The van der Waals surface area contributed by atoms with E-state index in [0.29, 0.717) is 5.16 Å². The van der Waals surface area contributed by atoms with Gasteiger partial charge in [-0.1, -0.05) is 11.8 Å². The fourth-order valence-electron chi connectivity index (χ4n) is 1.52. The van der Waals surface area contributed by atoms with Gasteiger partial charge in [0.15, 0.2) is 16.3 Å². The number of ketones is 1. The molecule has 0 radical (unpaired) electrons. The predicted octanol–water partition coefficient (Wildman–Crippen LogP) is 0.580. The Bertz CT molecular complexity index is 815. The van der Waals surface area contributed by atoms with Gasteiger partial charge in [0.25, 0.3) is 11.3 Å². The Morgan fingerprint density at radius 1 is 1.41 bits per heavy atom. The number of carbonyl (C=O) groups excluding carboxylic acids is 2. The van der Waals surface area contributed by atoms with E-state index in [9.17, 15) is 14.4 Å². The predicted molar refractivity (Wildman–Crippen MR) is 80.4 cm³/mol. The number of ether oxygens (including phenoxy) is 1. The van der Waals surface area contributed by atoms with E-state index >= 15 is 0 Å². The molecule has 0 atom stereocenters. The fraction of sp³-hybridized carbons (Fsp3) is 0.231. The zero-order valence-corrected chi connectivity index (χ0v) is 12.6. The molecular weight excluding hydrogens is 308 g/mol. The lowest BCUT2D eigenvalue weighted by atomic mass is 10.3. The molecule has 0 aliphatic carbocycles. The summed E-state index contributed by atoms with van der Waals surface area (Å²) in [4.78, 5) is 49.2. The molecule has 0 aliphatic rings. The van der Waals surface area contributed by atoms with Crippen LogP contribution in [0.2, 0.25) is 0 Å². The molecule has 0 saturated heterocycles. The standard InChI is InChI=1S/C13H12N4O4S/c1-3-21-12(20)8(18)5-4-7-6-14-10-9(15-7)11(19)17-13(16-10)22-2/h4-6H,3H2,1-2H3,(H,14,16,17,19)/b5-4+. The number of esters is 1. The molecule has 0 bridgehead atoms. The van der Waals surface area contributed by atoms with Crippen LogP contribution in [0.4, 0.5) is 0 Å². The minimum atomic E-state index is -0.948. The molecule has 9 heteroatoms. The number of H-pyrrole nitrogens is 1. The fourth-order valence-corrected chi connectivity index (χ4v) is 1.89. The Balaban J connectivity index is 2.30. The highest BCUT2D eigenvalue weighted by molar-refractivity contribution is 7.98. The van der Waals surface area contributed by atoms with Crippen molar-refractivity contribution >= 4 is 40.8 Å². The van der Waals surface area contributed by atoms with Crippen LogP contribution in [0.25, 0.3) is 17.2 Å². The van der Waals surface area contributed by atoms with Crippen LogP contribution in [0.5, 0.6) is 0 Å². The summed E-state index contributed by atoms with van der Waals surface area (Å²) >= 11 is 1.28. The average molecular weight is 320 g/mol. The van der Waals surface area contributed by atoms with E-state index in [2.05, 4.69) is 24.7 Å². The molecule has 0 aliphatic heterocycles. The Hall–Kier alpha value is -2.55. The molecule has 0 spiro atoms. The number of aromatic amines is 1. The van der Waals surface area contributed by atoms with E-state index < -0.39 is 17.3 Å². The minimum Gasteiger partial charge on any atom is -0.460 e. The molecule has 0 fully saturated rings. The summed E-state index contributed by atoms with van der Waals surface area (Å²) < 4.78 is 4.56. The van der Waals surface area contributed by atoms with E-state index in [0.717, 1.165) is 6.08 Å². The van der Waals surface area contributed by atoms with Crippen molar-refractivity contribution in [1.29, 1.82) is 0 Å². The largest absolute Gasteiger partial charge is 0.460 e. The number of thioether (sulfide) groups is 1. The van der Waals surface area contributed by atoms with E-state index in [1.165, 1.54) is 24.0 Å². The van der Waals surface area contributed by atoms with Crippen LogP contribution in [0.3, 0.4) is 0 Å². The second-order valence-electron chi connectivity index (χ2n) is 3.96. The Morgan fingerprint density at radius 3 is 2.86 bits per heavy atom.